The van der Waals surface area contributed by atoms with Gasteiger partial charge in [-0.25, -0.2) is 9.97 Å². The molecule has 4 rings (SSSR count). The smallest absolute Gasteiger partial charge is 0.257 e. The minimum absolute atomic E-state index is 0.0554. The van der Waals surface area contributed by atoms with Crippen LogP contribution in [-0.4, -0.2) is 66.7 Å². The predicted molar refractivity (Wildman–Crippen MR) is 131 cm³/mol. The Morgan fingerprint density at radius 3 is 2.45 bits per heavy atom. The quantitative estimate of drug-likeness (QED) is 0.488. The van der Waals surface area contributed by atoms with Crippen LogP contribution in [0.3, 0.4) is 0 Å². The van der Waals surface area contributed by atoms with E-state index < -0.39 is 0 Å². The first-order valence-electron chi connectivity index (χ1n) is 11.2. The Labute approximate surface area is 199 Å². The summed E-state index contributed by atoms with van der Waals surface area (Å²) in [5.41, 5.74) is 2.09. The maximum absolute atomic E-state index is 12.2. The van der Waals surface area contributed by atoms with Gasteiger partial charge in [0.15, 0.2) is 6.61 Å². The molecule has 33 heavy (non-hydrogen) atoms. The van der Waals surface area contributed by atoms with Crippen molar-refractivity contribution in [1.82, 2.24) is 20.2 Å². The molecule has 172 valence electrons. The first kappa shape index (κ1) is 23.0. The van der Waals surface area contributed by atoms with E-state index in [0.29, 0.717) is 17.3 Å². The van der Waals surface area contributed by atoms with Crippen LogP contribution >= 0.6 is 11.6 Å². The molecule has 2 heterocycles. The first-order chi connectivity index (χ1) is 16.2. The number of amides is 1. The molecular formula is C25H28ClN5O2. The van der Waals surface area contributed by atoms with Crippen LogP contribution in [0.1, 0.15) is 6.42 Å². The zero-order valence-corrected chi connectivity index (χ0v) is 19.2. The monoisotopic (exact) mass is 465 g/mol. The fourth-order valence-corrected chi connectivity index (χ4v) is 4.01. The number of carbonyl (C=O) groups excluding carboxylic acids is 1. The fourth-order valence-electron chi connectivity index (χ4n) is 3.78. The molecule has 0 unspecified atom stereocenters. The summed E-state index contributed by atoms with van der Waals surface area (Å²) in [5, 5.41) is 3.41. The van der Waals surface area contributed by atoms with Crippen molar-refractivity contribution in [3.8, 4) is 16.9 Å². The summed E-state index contributed by atoms with van der Waals surface area (Å²) in [5.74, 6) is 1.15. The molecule has 7 nitrogen and oxygen atoms in total. The number of carbonyl (C=O) groups is 1. The normalized spacial score (nSPS) is 14.2. The molecule has 1 aliphatic heterocycles. The molecule has 1 aromatic heterocycles. The standard InChI is InChI=1S/C25H28ClN5O2/c26-22-18-21(20-6-2-1-3-7-20)8-9-23(22)33-19-24(32)27-12-5-13-30-14-16-31(17-15-30)25-28-10-4-11-29-25/h1-4,6-11,18H,5,12-17,19H2,(H,27,32). The highest BCUT2D eigenvalue weighted by atomic mass is 35.5. The third kappa shape index (κ3) is 6.66. The van der Waals surface area contributed by atoms with Crippen molar-refractivity contribution in [2.24, 2.45) is 0 Å². The lowest BCUT2D eigenvalue weighted by atomic mass is 10.1. The number of nitrogens with one attached hydrogen (secondary N) is 1. The number of anilines is 1. The third-order valence-electron chi connectivity index (χ3n) is 5.58. The average molecular weight is 466 g/mol. The minimum atomic E-state index is -0.149. The van der Waals surface area contributed by atoms with Gasteiger partial charge in [-0.05, 0) is 42.3 Å². The van der Waals surface area contributed by atoms with Gasteiger partial charge in [-0.1, -0.05) is 48.0 Å². The van der Waals surface area contributed by atoms with E-state index in [1.807, 2.05) is 48.5 Å². The molecule has 1 aliphatic rings. The molecule has 0 spiro atoms. The first-order valence-corrected chi connectivity index (χ1v) is 11.6. The lowest BCUT2D eigenvalue weighted by Gasteiger charge is -2.34. The van der Waals surface area contributed by atoms with Gasteiger partial charge in [-0.15, -0.1) is 0 Å². The Balaban J connectivity index is 1.12. The Bertz CT molecular complexity index is 1030. The van der Waals surface area contributed by atoms with Crippen molar-refractivity contribution < 1.29 is 9.53 Å². The van der Waals surface area contributed by atoms with Gasteiger partial charge in [0.25, 0.3) is 5.91 Å². The zero-order valence-electron chi connectivity index (χ0n) is 18.5. The predicted octanol–water partition coefficient (Wildman–Crippen LogP) is 3.50. The second kappa shape index (κ2) is 11.6. The van der Waals surface area contributed by atoms with E-state index in [4.69, 9.17) is 16.3 Å². The van der Waals surface area contributed by atoms with Crippen molar-refractivity contribution in [2.75, 3.05) is 50.8 Å². The number of piperazine rings is 1. The van der Waals surface area contributed by atoms with Crippen LogP contribution in [0.5, 0.6) is 5.75 Å². The molecule has 1 fully saturated rings. The van der Waals surface area contributed by atoms with Gasteiger partial charge in [0, 0.05) is 45.1 Å². The molecule has 8 heteroatoms. The summed E-state index contributed by atoms with van der Waals surface area (Å²) >= 11 is 6.35. The van der Waals surface area contributed by atoms with Gasteiger partial charge in [0.2, 0.25) is 5.95 Å². The molecule has 1 amide bonds. The number of hydrogen-bond donors (Lipinski definition) is 1. The van der Waals surface area contributed by atoms with Crippen LogP contribution < -0.4 is 15.0 Å². The highest BCUT2D eigenvalue weighted by molar-refractivity contribution is 6.32. The Kier molecular flexibility index (Phi) is 8.11. The van der Waals surface area contributed by atoms with Gasteiger partial charge in [-0.2, -0.15) is 0 Å². The Morgan fingerprint density at radius 1 is 0.970 bits per heavy atom. The number of hydrogen-bond acceptors (Lipinski definition) is 6. The molecule has 2 aromatic carbocycles. The van der Waals surface area contributed by atoms with Gasteiger partial charge in [-0.3, -0.25) is 9.69 Å². The second-order valence-corrected chi connectivity index (χ2v) is 8.29. The molecule has 1 N–H and O–H groups in total. The second-order valence-electron chi connectivity index (χ2n) is 7.88. The molecule has 0 bridgehead atoms. The summed E-state index contributed by atoms with van der Waals surface area (Å²) in [6.07, 6.45) is 4.43. The lowest BCUT2D eigenvalue weighted by Crippen LogP contribution is -2.47. The largest absolute Gasteiger partial charge is 0.482 e. The topological polar surface area (TPSA) is 70.6 Å². The highest BCUT2D eigenvalue weighted by Gasteiger charge is 2.18. The van der Waals surface area contributed by atoms with E-state index in [9.17, 15) is 4.79 Å². The maximum Gasteiger partial charge on any atom is 0.257 e. The van der Waals surface area contributed by atoms with E-state index in [-0.39, 0.29) is 12.5 Å². The Hall–Kier alpha value is -3.16. The number of ether oxygens (including phenoxy) is 1. The van der Waals surface area contributed by atoms with E-state index in [0.717, 1.165) is 56.2 Å². The van der Waals surface area contributed by atoms with Gasteiger partial charge >= 0.3 is 0 Å². The molecule has 0 aliphatic carbocycles. The van der Waals surface area contributed by atoms with Crippen molar-refractivity contribution >= 4 is 23.5 Å². The number of aromatic nitrogens is 2. The highest BCUT2D eigenvalue weighted by Crippen LogP contribution is 2.30. The van der Waals surface area contributed by atoms with E-state index in [1.54, 1.807) is 18.5 Å². The maximum atomic E-state index is 12.2. The summed E-state index contributed by atoms with van der Waals surface area (Å²) < 4.78 is 5.62. The summed E-state index contributed by atoms with van der Waals surface area (Å²) in [6, 6.07) is 17.4. The van der Waals surface area contributed by atoms with Gasteiger partial charge in [0.1, 0.15) is 5.75 Å². The minimum Gasteiger partial charge on any atom is -0.482 e. The zero-order chi connectivity index (χ0) is 22.9. The third-order valence-corrected chi connectivity index (χ3v) is 5.87. The number of halogens is 1. The van der Waals surface area contributed by atoms with E-state index in [2.05, 4.69) is 25.1 Å². The van der Waals surface area contributed by atoms with Crippen molar-refractivity contribution in [2.45, 2.75) is 6.42 Å². The summed E-state index contributed by atoms with van der Waals surface area (Å²) in [6.45, 7) is 5.25. The van der Waals surface area contributed by atoms with E-state index >= 15 is 0 Å². The van der Waals surface area contributed by atoms with Crippen LogP contribution in [0.2, 0.25) is 5.02 Å². The van der Waals surface area contributed by atoms with Gasteiger partial charge < -0.3 is 15.0 Å². The van der Waals surface area contributed by atoms with Crippen LogP contribution in [0, 0.1) is 0 Å². The van der Waals surface area contributed by atoms with Crippen molar-refractivity contribution in [1.29, 1.82) is 0 Å². The molecule has 0 saturated carbocycles. The van der Waals surface area contributed by atoms with Crippen LogP contribution in [0.4, 0.5) is 5.95 Å². The fraction of sp³-hybridized carbons (Fsp3) is 0.320. The molecule has 0 atom stereocenters. The molecule has 3 aromatic rings. The van der Waals surface area contributed by atoms with Crippen molar-refractivity contribution in [3.05, 3.63) is 72.0 Å². The Morgan fingerprint density at radius 2 is 1.73 bits per heavy atom. The molecular weight excluding hydrogens is 438 g/mol. The number of nitrogens with zero attached hydrogens (tertiary/aromatic N) is 4. The SMILES string of the molecule is O=C(COc1ccc(-c2ccccc2)cc1Cl)NCCCN1CCN(c2ncccn2)CC1. The summed E-state index contributed by atoms with van der Waals surface area (Å²) in [7, 11) is 0. The van der Waals surface area contributed by atoms with Gasteiger partial charge in [0.05, 0.1) is 5.02 Å². The average Bonchev–Trinajstić information content (AvgIpc) is 2.87. The van der Waals surface area contributed by atoms with Crippen LogP contribution in [0.25, 0.3) is 11.1 Å². The lowest BCUT2D eigenvalue weighted by molar-refractivity contribution is -0.123. The van der Waals surface area contributed by atoms with Crippen molar-refractivity contribution in [3.63, 3.8) is 0 Å². The van der Waals surface area contributed by atoms with E-state index in [1.165, 1.54) is 0 Å². The van der Waals surface area contributed by atoms with Crippen LogP contribution in [0.15, 0.2) is 67.0 Å². The number of rotatable bonds is 9. The molecule has 1 saturated heterocycles. The summed E-state index contributed by atoms with van der Waals surface area (Å²) in [4.78, 5) is 25.4. The molecule has 0 radical (unpaired) electrons. The number of benzene rings is 2. The van der Waals surface area contributed by atoms with Crippen LogP contribution in [-0.2, 0) is 4.79 Å².